The molecule has 3 N–H and O–H groups in total. The van der Waals surface area contributed by atoms with Crippen LogP contribution >= 0.6 is 11.3 Å². The van der Waals surface area contributed by atoms with Crippen LogP contribution in [0.25, 0.3) is 0 Å². The Labute approximate surface area is 133 Å². The molecule has 4 rings (SSSR count). The van der Waals surface area contributed by atoms with Crippen molar-refractivity contribution >= 4 is 22.2 Å². The highest BCUT2D eigenvalue weighted by Gasteiger charge is 2.34. The summed E-state index contributed by atoms with van der Waals surface area (Å²) in [4.78, 5) is 15.5. The van der Waals surface area contributed by atoms with Gasteiger partial charge in [0.05, 0.1) is 23.5 Å². The number of hydrogen-bond acceptors (Lipinski definition) is 4. The van der Waals surface area contributed by atoms with Gasteiger partial charge in [0.25, 0.3) is 5.91 Å². The zero-order valence-corrected chi connectivity index (χ0v) is 13.6. The van der Waals surface area contributed by atoms with Crippen molar-refractivity contribution in [3.63, 3.8) is 0 Å². The lowest BCUT2D eigenvalue weighted by molar-refractivity contribution is -0.913. The minimum absolute atomic E-state index is 0.0188. The highest BCUT2D eigenvalue weighted by molar-refractivity contribution is 7.16. The molecule has 0 aliphatic carbocycles. The summed E-state index contributed by atoms with van der Waals surface area (Å²) in [5, 5.41) is 7.44. The van der Waals surface area contributed by atoms with E-state index in [2.05, 4.69) is 17.6 Å². The lowest BCUT2D eigenvalue weighted by atomic mass is 10.0. The predicted molar refractivity (Wildman–Crippen MR) is 85.4 cm³/mol. The summed E-state index contributed by atoms with van der Waals surface area (Å²) in [6, 6.07) is 3.83. The molecule has 2 aliphatic heterocycles. The van der Waals surface area contributed by atoms with Gasteiger partial charge in [-0.1, -0.05) is 0 Å². The van der Waals surface area contributed by atoms with Crippen molar-refractivity contribution in [3.05, 3.63) is 39.7 Å². The molecule has 2 aromatic rings. The van der Waals surface area contributed by atoms with Crippen molar-refractivity contribution in [2.24, 2.45) is 0 Å². The molecule has 6 heteroatoms. The first kappa shape index (κ1) is 13.8. The quantitative estimate of drug-likeness (QED) is 0.786. The summed E-state index contributed by atoms with van der Waals surface area (Å²) in [6.45, 7) is 7.40. The summed E-state index contributed by atoms with van der Waals surface area (Å²) < 4.78 is 5.65. The normalized spacial score (nSPS) is 23.5. The minimum Gasteiger partial charge on any atom is -0.462 e. The number of thiophene rings is 1. The number of furan rings is 1. The average molecular weight is 318 g/mol. The number of hydrogen-bond donors (Lipinski definition) is 3. The molecule has 22 heavy (non-hydrogen) atoms. The van der Waals surface area contributed by atoms with E-state index in [1.54, 1.807) is 16.2 Å². The summed E-state index contributed by atoms with van der Waals surface area (Å²) in [7, 11) is 0. The Kier molecular flexibility index (Phi) is 3.23. The standard InChI is InChI=1S/C16H19N3O2S/c1-3-19-7-6-10-12(8-19)22-16-13(10)15(20)17-14(18-16)11-5-4-9(2)21-11/h4-5,14,18H,3,6-8H2,1-2H3,(H,17,20)/p+1/t14-/m1/s1. The molecule has 4 heterocycles. The van der Waals surface area contributed by atoms with Gasteiger partial charge in [0.1, 0.15) is 23.1 Å². The van der Waals surface area contributed by atoms with Crippen LogP contribution in [0.1, 0.15) is 45.4 Å². The fourth-order valence-electron chi connectivity index (χ4n) is 3.30. The van der Waals surface area contributed by atoms with E-state index in [1.807, 2.05) is 19.1 Å². The number of nitrogens with one attached hydrogen (secondary N) is 3. The maximum Gasteiger partial charge on any atom is 0.256 e. The zero-order valence-electron chi connectivity index (χ0n) is 12.8. The number of carbonyl (C=O) groups excluding carboxylic acids is 1. The molecule has 2 aliphatic rings. The third-order valence-corrected chi connectivity index (χ3v) is 5.72. The monoisotopic (exact) mass is 318 g/mol. The van der Waals surface area contributed by atoms with E-state index in [4.69, 9.17) is 4.42 Å². The van der Waals surface area contributed by atoms with Crippen molar-refractivity contribution in [2.75, 3.05) is 18.4 Å². The Bertz CT molecular complexity index is 734. The molecular formula is C16H20N3O2S+. The molecule has 5 nitrogen and oxygen atoms in total. The smallest absolute Gasteiger partial charge is 0.256 e. The van der Waals surface area contributed by atoms with E-state index < -0.39 is 0 Å². The van der Waals surface area contributed by atoms with Gasteiger partial charge in [-0.2, -0.15) is 0 Å². The molecule has 0 aromatic carbocycles. The number of quaternary nitrogens is 1. The first-order valence-electron chi connectivity index (χ1n) is 7.77. The van der Waals surface area contributed by atoms with Crippen molar-refractivity contribution in [1.82, 2.24) is 5.32 Å². The molecule has 2 aromatic heterocycles. The zero-order chi connectivity index (χ0) is 15.3. The maximum absolute atomic E-state index is 12.6. The van der Waals surface area contributed by atoms with Crippen LogP contribution in [0.5, 0.6) is 0 Å². The van der Waals surface area contributed by atoms with Crippen LogP contribution in [0.4, 0.5) is 5.00 Å². The van der Waals surface area contributed by atoms with Gasteiger partial charge < -0.3 is 20.0 Å². The highest BCUT2D eigenvalue weighted by atomic mass is 32.1. The molecule has 0 fully saturated rings. The van der Waals surface area contributed by atoms with Crippen LogP contribution in [-0.4, -0.2) is 19.0 Å². The van der Waals surface area contributed by atoms with Gasteiger partial charge in [0.2, 0.25) is 0 Å². The maximum atomic E-state index is 12.6. The van der Waals surface area contributed by atoms with Gasteiger partial charge in [0.15, 0.2) is 6.17 Å². The number of carbonyl (C=O) groups is 1. The van der Waals surface area contributed by atoms with Gasteiger partial charge in [0, 0.05) is 6.42 Å². The molecule has 2 atom stereocenters. The first-order valence-corrected chi connectivity index (χ1v) is 8.59. The van der Waals surface area contributed by atoms with Gasteiger partial charge in [-0.15, -0.1) is 11.3 Å². The van der Waals surface area contributed by atoms with E-state index in [0.29, 0.717) is 0 Å². The average Bonchev–Trinajstić information content (AvgIpc) is 3.09. The third kappa shape index (κ3) is 2.14. The SMILES string of the molecule is CC[NH+]1CCc2c(sc3c2C(=O)N[C@@H](c2ccc(C)o2)N3)C1. The molecular weight excluding hydrogens is 298 g/mol. The lowest BCUT2D eigenvalue weighted by Crippen LogP contribution is -3.11. The highest BCUT2D eigenvalue weighted by Crippen LogP contribution is 2.39. The number of amides is 1. The van der Waals surface area contributed by atoms with Crippen molar-refractivity contribution in [3.8, 4) is 0 Å². The first-order chi connectivity index (χ1) is 10.7. The molecule has 0 spiro atoms. The van der Waals surface area contributed by atoms with Crippen molar-refractivity contribution in [1.29, 1.82) is 0 Å². The predicted octanol–water partition coefficient (Wildman–Crippen LogP) is 1.46. The number of fused-ring (bicyclic) bond motifs is 3. The van der Waals surface area contributed by atoms with Crippen LogP contribution in [0.2, 0.25) is 0 Å². The summed E-state index contributed by atoms with van der Waals surface area (Å²) in [5.41, 5.74) is 2.10. The lowest BCUT2D eigenvalue weighted by Gasteiger charge is -2.25. The Morgan fingerprint density at radius 3 is 3.00 bits per heavy atom. The van der Waals surface area contributed by atoms with E-state index in [0.717, 1.165) is 48.1 Å². The molecule has 1 amide bonds. The molecule has 0 bridgehead atoms. The van der Waals surface area contributed by atoms with E-state index in [1.165, 1.54) is 10.4 Å². The fourth-order valence-corrected chi connectivity index (χ4v) is 4.65. The van der Waals surface area contributed by atoms with Gasteiger partial charge in [-0.05, 0) is 31.5 Å². The molecule has 0 saturated carbocycles. The van der Waals surface area contributed by atoms with E-state index in [-0.39, 0.29) is 12.1 Å². The second kappa shape index (κ2) is 5.14. The van der Waals surface area contributed by atoms with Crippen LogP contribution in [0.3, 0.4) is 0 Å². The van der Waals surface area contributed by atoms with Crippen LogP contribution < -0.4 is 15.5 Å². The number of aryl methyl sites for hydroxylation is 1. The van der Waals surface area contributed by atoms with Crippen LogP contribution in [0, 0.1) is 6.92 Å². The fraction of sp³-hybridized carbons (Fsp3) is 0.438. The van der Waals surface area contributed by atoms with E-state index >= 15 is 0 Å². The Hall–Kier alpha value is -1.79. The molecule has 1 unspecified atom stereocenters. The van der Waals surface area contributed by atoms with Gasteiger partial charge >= 0.3 is 0 Å². The number of anilines is 1. The third-order valence-electron chi connectivity index (χ3n) is 4.55. The van der Waals surface area contributed by atoms with E-state index in [9.17, 15) is 4.79 Å². The molecule has 0 saturated heterocycles. The summed E-state index contributed by atoms with van der Waals surface area (Å²) in [6.07, 6.45) is 0.715. The Morgan fingerprint density at radius 1 is 1.41 bits per heavy atom. The van der Waals surface area contributed by atoms with Crippen LogP contribution in [-0.2, 0) is 13.0 Å². The summed E-state index contributed by atoms with van der Waals surface area (Å²) >= 11 is 1.73. The van der Waals surface area contributed by atoms with Gasteiger partial charge in [-0.25, -0.2) is 0 Å². The topological polar surface area (TPSA) is 58.7 Å². The second-order valence-electron chi connectivity index (χ2n) is 5.99. The molecule has 116 valence electrons. The second-order valence-corrected chi connectivity index (χ2v) is 7.09. The minimum atomic E-state index is -0.275. The number of rotatable bonds is 2. The molecule has 0 radical (unpaired) electrons. The Morgan fingerprint density at radius 2 is 2.27 bits per heavy atom. The largest absolute Gasteiger partial charge is 0.462 e. The summed E-state index contributed by atoms with van der Waals surface area (Å²) in [5.74, 6) is 1.62. The van der Waals surface area contributed by atoms with Crippen molar-refractivity contribution in [2.45, 2.75) is 33.0 Å². The van der Waals surface area contributed by atoms with Crippen molar-refractivity contribution < 1.29 is 14.1 Å². The number of likely N-dealkylation sites (N-methyl/N-ethyl adjacent to an activating group) is 1. The Balaban J connectivity index is 1.67. The van der Waals surface area contributed by atoms with Crippen LogP contribution in [0.15, 0.2) is 16.5 Å². The van der Waals surface area contributed by atoms with Gasteiger partial charge in [-0.3, -0.25) is 4.79 Å².